The summed E-state index contributed by atoms with van der Waals surface area (Å²) in [6.45, 7) is 1.84. The molecule has 1 aromatic heterocycles. The fourth-order valence-electron chi connectivity index (χ4n) is 1.76. The van der Waals surface area contributed by atoms with Crippen LogP contribution in [0.3, 0.4) is 0 Å². The van der Waals surface area contributed by atoms with Gasteiger partial charge in [0.05, 0.1) is 18.3 Å². The van der Waals surface area contributed by atoms with E-state index >= 15 is 0 Å². The molecule has 2 rings (SSSR count). The first kappa shape index (κ1) is 17.1. The SMILES string of the molecule is C[C@@H](C(=O)O)n1cc(C#CCNC(=O)OCc2ccccc2)cn1. The van der Waals surface area contributed by atoms with Crippen LogP contribution in [0.1, 0.15) is 24.1 Å². The van der Waals surface area contributed by atoms with Crippen LogP contribution in [-0.4, -0.2) is 33.5 Å². The topological polar surface area (TPSA) is 93.5 Å². The van der Waals surface area contributed by atoms with Crippen molar-refractivity contribution in [3.63, 3.8) is 0 Å². The molecule has 1 aromatic carbocycles. The zero-order chi connectivity index (χ0) is 17.4. The molecule has 1 amide bonds. The number of carbonyl (C=O) groups is 2. The van der Waals surface area contributed by atoms with Crippen molar-refractivity contribution in [2.24, 2.45) is 0 Å². The molecule has 0 spiro atoms. The first-order valence-electron chi connectivity index (χ1n) is 7.26. The van der Waals surface area contributed by atoms with E-state index < -0.39 is 18.1 Å². The largest absolute Gasteiger partial charge is 0.480 e. The van der Waals surface area contributed by atoms with Crippen LogP contribution >= 0.6 is 0 Å². The zero-order valence-electron chi connectivity index (χ0n) is 13.1. The summed E-state index contributed by atoms with van der Waals surface area (Å²) >= 11 is 0. The Labute approximate surface area is 139 Å². The monoisotopic (exact) mass is 327 g/mol. The standard InChI is InChI=1S/C17H17N3O4/c1-13(16(21)22)20-11-15(10-19-20)8-5-9-18-17(23)24-12-14-6-3-2-4-7-14/h2-4,6-7,10-11,13H,9,12H2,1H3,(H,18,23)(H,21,22)/t13-/m0/s1. The molecule has 2 N–H and O–H groups in total. The first-order valence-corrected chi connectivity index (χ1v) is 7.26. The summed E-state index contributed by atoms with van der Waals surface area (Å²) in [6, 6.07) is 8.59. The third-order valence-corrected chi connectivity index (χ3v) is 3.12. The summed E-state index contributed by atoms with van der Waals surface area (Å²) < 4.78 is 6.36. The lowest BCUT2D eigenvalue weighted by atomic mass is 10.2. The Morgan fingerprint density at radius 1 is 1.38 bits per heavy atom. The molecule has 2 aromatic rings. The van der Waals surface area contributed by atoms with Crippen molar-refractivity contribution in [1.82, 2.24) is 15.1 Å². The average molecular weight is 327 g/mol. The van der Waals surface area contributed by atoms with Crippen LogP contribution in [0.25, 0.3) is 0 Å². The summed E-state index contributed by atoms with van der Waals surface area (Å²) in [5, 5.41) is 15.3. The molecule has 1 atom stereocenters. The highest BCUT2D eigenvalue weighted by atomic mass is 16.5. The van der Waals surface area contributed by atoms with Gasteiger partial charge in [0, 0.05) is 6.20 Å². The van der Waals surface area contributed by atoms with Gasteiger partial charge in [-0.25, -0.2) is 9.59 Å². The van der Waals surface area contributed by atoms with Crippen LogP contribution < -0.4 is 5.32 Å². The smallest absolute Gasteiger partial charge is 0.408 e. The highest BCUT2D eigenvalue weighted by Gasteiger charge is 2.13. The van der Waals surface area contributed by atoms with E-state index in [0.717, 1.165) is 5.56 Å². The minimum Gasteiger partial charge on any atom is -0.480 e. The van der Waals surface area contributed by atoms with E-state index in [0.29, 0.717) is 5.56 Å². The summed E-state index contributed by atoms with van der Waals surface area (Å²) in [7, 11) is 0. The van der Waals surface area contributed by atoms with Crippen molar-refractivity contribution in [3.8, 4) is 11.8 Å². The number of aromatic nitrogens is 2. The molecule has 0 aliphatic rings. The normalized spacial score (nSPS) is 11.0. The average Bonchev–Trinajstić information content (AvgIpc) is 3.06. The predicted molar refractivity (Wildman–Crippen MR) is 86.1 cm³/mol. The lowest BCUT2D eigenvalue weighted by molar-refractivity contribution is -0.140. The van der Waals surface area contributed by atoms with Crippen LogP contribution in [-0.2, 0) is 16.1 Å². The van der Waals surface area contributed by atoms with Crippen LogP contribution in [0.4, 0.5) is 4.79 Å². The van der Waals surface area contributed by atoms with E-state index in [9.17, 15) is 9.59 Å². The number of rotatable bonds is 5. The molecule has 0 aliphatic carbocycles. The second kappa shape index (κ2) is 8.39. The zero-order valence-corrected chi connectivity index (χ0v) is 13.1. The molecule has 0 bridgehead atoms. The highest BCUT2D eigenvalue weighted by Crippen LogP contribution is 2.05. The molecular formula is C17H17N3O4. The van der Waals surface area contributed by atoms with Crippen molar-refractivity contribution < 1.29 is 19.4 Å². The van der Waals surface area contributed by atoms with Crippen LogP contribution in [0.15, 0.2) is 42.7 Å². The number of ether oxygens (including phenoxy) is 1. The number of benzene rings is 1. The number of hydrogen-bond acceptors (Lipinski definition) is 4. The second-order valence-electron chi connectivity index (χ2n) is 4.94. The first-order chi connectivity index (χ1) is 11.6. The van der Waals surface area contributed by atoms with E-state index in [4.69, 9.17) is 9.84 Å². The van der Waals surface area contributed by atoms with Gasteiger partial charge < -0.3 is 15.2 Å². The van der Waals surface area contributed by atoms with Gasteiger partial charge in [0.1, 0.15) is 12.6 Å². The van der Waals surface area contributed by atoms with Crippen molar-refractivity contribution in [3.05, 3.63) is 53.9 Å². The molecule has 1 heterocycles. The van der Waals surface area contributed by atoms with Gasteiger partial charge >= 0.3 is 12.1 Å². The molecule has 0 fully saturated rings. The fraction of sp³-hybridized carbons (Fsp3) is 0.235. The van der Waals surface area contributed by atoms with Gasteiger partial charge in [-0.1, -0.05) is 42.2 Å². The van der Waals surface area contributed by atoms with Gasteiger partial charge in [0.2, 0.25) is 0 Å². The number of alkyl carbamates (subject to hydrolysis) is 1. The Hall–Kier alpha value is -3.27. The van der Waals surface area contributed by atoms with Crippen LogP contribution in [0.2, 0.25) is 0 Å². The third kappa shape index (κ3) is 5.18. The number of amides is 1. The maximum atomic E-state index is 11.5. The predicted octanol–water partition coefficient (Wildman–Crippen LogP) is 1.81. The van der Waals surface area contributed by atoms with Crippen molar-refractivity contribution in [1.29, 1.82) is 0 Å². The number of carbonyl (C=O) groups excluding carboxylic acids is 1. The van der Waals surface area contributed by atoms with Crippen molar-refractivity contribution >= 4 is 12.1 Å². The summed E-state index contributed by atoms with van der Waals surface area (Å²) in [5.41, 5.74) is 1.47. The summed E-state index contributed by atoms with van der Waals surface area (Å²) in [5.74, 6) is 4.57. The second-order valence-corrected chi connectivity index (χ2v) is 4.94. The maximum Gasteiger partial charge on any atom is 0.408 e. The molecule has 7 nitrogen and oxygen atoms in total. The number of hydrogen-bond donors (Lipinski definition) is 2. The van der Waals surface area contributed by atoms with Crippen LogP contribution in [0.5, 0.6) is 0 Å². The van der Waals surface area contributed by atoms with Gasteiger partial charge in [-0.2, -0.15) is 5.10 Å². The number of aliphatic carboxylic acids is 1. The Morgan fingerprint density at radius 3 is 2.83 bits per heavy atom. The lowest BCUT2D eigenvalue weighted by Crippen LogP contribution is -2.24. The van der Waals surface area contributed by atoms with Crippen LogP contribution in [0, 0.1) is 11.8 Å². The van der Waals surface area contributed by atoms with Gasteiger partial charge in [-0.15, -0.1) is 0 Å². The van der Waals surface area contributed by atoms with E-state index in [2.05, 4.69) is 22.3 Å². The fourth-order valence-corrected chi connectivity index (χ4v) is 1.76. The molecule has 24 heavy (non-hydrogen) atoms. The van der Waals surface area contributed by atoms with Crippen molar-refractivity contribution in [2.75, 3.05) is 6.54 Å². The van der Waals surface area contributed by atoms with E-state index in [-0.39, 0.29) is 13.2 Å². The Bertz CT molecular complexity index is 759. The minimum absolute atomic E-state index is 0.118. The van der Waals surface area contributed by atoms with E-state index in [1.807, 2.05) is 30.3 Å². The van der Waals surface area contributed by atoms with Gasteiger partial charge in [0.25, 0.3) is 0 Å². The Balaban J connectivity index is 1.75. The number of nitrogens with zero attached hydrogens (tertiary/aromatic N) is 2. The maximum absolute atomic E-state index is 11.5. The number of nitrogens with one attached hydrogen (secondary N) is 1. The van der Waals surface area contributed by atoms with Gasteiger partial charge in [0.15, 0.2) is 0 Å². The molecule has 0 unspecified atom stereocenters. The Kier molecular flexibility index (Phi) is 5.97. The highest BCUT2D eigenvalue weighted by molar-refractivity contribution is 5.71. The van der Waals surface area contributed by atoms with E-state index in [1.165, 1.54) is 17.8 Å². The quantitative estimate of drug-likeness (QED) is 0.817. The number of carboxylic acid groups (broad SMARTS) is 1. The summed E-state index contributed by atoms with van der Waals surface area (Å²) in [6.07, 6.45) is 2.46. The van der Waals surface area contributed by atoms with Gasteiger partial charge in [-0.05, 0) is 12.5 Å². The molecule has 0 saturated carbocycles. The molecule has 0 aliphatic heterocycles. The lowest BCUT2D eigenvalue weighted by Gasteiger charge is -2.04. The molecule has 0 radical (unpaired) electrons. The number of carboxylic acids is 1. The minimum atomic E-state index is -0.972. The molecular weight excluding hydrogens is 310 g/mol. The molecule has 7 heteroatoms. The Morgan fingerprint density at radius 2 is 2.12 bits per heavy atom. The molecule has 124 valence electrons. The van der Waals surface area contributed by atoms with Gasteiger partial charge in [-0.3, -0.25) is 4.68 Å². The van der Waals surface area contributed by atoms with Crippen molar-refractivity contribution in [2.45, 2.75) is 19.6 Å². The third-order valence-electron chi connectivity index (χ3n) is 3.12. The van der Waals surface area contributed by atoms with E-state index in [1.54, 1.807) is 6.20 Å². The summed E-state index contributed by atoms with van der Waals surface area (Å²) in [4.78, 5) is 22.4. The molecule has 0 saturated heterocycles.